The fraction of sp³-hybridized carbons (Fsp3) is 0.250. The number of aromatic nitrogens is 2. The number of alkyl halides is 3. The molecule has 4 rings (SSSR count). The largest absolute Gasteiger partial charge is 0.416 e. The average Bonchev–Trinajstić information content (AvgIpc) is 2.76. The molecule has 7 nitrogen and oxygen atoms in total. The summed E-state index contributed by atoms with van der Waals surface area (Å²) >= 11 is 6.01. The highest BCUT2D eigenvalue weighted by atomic mass is 35.5. The minimum atomic E-state index is -4.56. The first-order chi connectivity index (χ1) is 14.7. The molecule has 2 heterocycles. The van der Waals surface area contributed by atoms with Crippen LogP contribution in [-0.2, 0) is 10.9 Å². The van der Waals surface area contributed by atoms with Crippen molar-refractivity contribution in [1.29, 1.82) is 0 Å². The molecular weight excluding hydrogens is 437 g/mol. The molecule has 2 N–H and O–H groups in total. The van der Waals surface area contributed by atoms with E-state index >= 15 is 0 Å². The van der Waals surface area contributed by atoms with Gasteiger partial charge in [0.1, 0.15) is 0 Å². The van der Waals surface area contributed by atoms with E-state index in [2.05, 4.69) is 15.5 Å². The third-order valence-corrected chi connectivity index (χ3v) is 5.22. The van der Waals surface area contributed by atoms with Crippen molar-refractivity contribution in [3.05, 3.63) is 63.0 Å². The first kappa shape index (κ1) is 21.1. The van der Waals surface area contributed by atoms with E-state index in [-0.39, 0.29) is 27.2 Å². The predicted octanol–water partition coefficient (Wildman–Crippen LogP) is 3.68. The Morgan fingerprint density at radius 2 is 1.87 bits per heavy atom. The highest BCUT2D eigenvalue weighted by Crippen LogP contribution is 2.36. The number of benzene rings is 2. The van der Waals surface area contributed by atoms with Gasteiger partial charge >= 0.3 is 6.18 Å². The van der Waals surface area contributed by atoms with Gasteiger partial charge in [-0.15, -0.1) is 0 Å². The van der Waals surface area contributed by atoms with Crippen molar-refractivity contribution in [2.24, 2.45) is 0 Å². The van der Waals surface area contributed by atoms with Gasteiger partial charge in [0.15, 0.2) is 5.15 Å². The van der Waals surface area contributed by atoms with Gasteiger partial charge in [0.2, 0.25) is 0 Å². The highest BCUT2D eigenvalue weighted by Gasteiger charge is 2.32. The molecule has 2 aromatic carbocycles. The number of halogens is 4. The molecule has 1 aromatic heterocycles. The number of fused-ring (bicyclic) bond motifs is 1. The van der Waals surface area contributed by atoms with E-state index in [1.54, 1.807) is 0 Å². The maximum Gasteiger partial charge on any atom is 0.416 e. The van der Waals surface area contributed by atoms with E-state index in [1.807, 2.05) is 4.90 Å². The Bertz CT molecular complexity index is 1210. The number of nitrogens with one attached hydrogen (secondary N) is 2. The van der Waals surface area contributed by atoms with Gasteiger partial charge in [-0.3, -0.25) is 9.59 Å². The van der Waals surface area contributed by atoms with E-state index in [4.69, 9.17) is 16.3 Å². The summed E-state index contributed by atoms with van der Waals surface area (Å²) < 4.78 is 45.1. The molecule has 1 saturated heterocycles. The summed E-state index contributed by atoms with van der Waals surface area (Å²) in [7, 11) is 0. The fourth-order valence-corrected chi connectivity index (χ4v) is 3.56. The summed E-state index contributed by atoms with van der Waals surface area (Å²) in [5, 5.41) is 8.96. The number of anilines is 2. The van der Waals surface area contributed by atoms with Gasteiger partial charge in [0.05, 0.1) is 35.5 Å². The molecule has 162 valence electrons. The van der Waals surface area contributed by atoms with Crippen LogP contribution in [0.25, 0.3) is 10.8 Å². The molecule has 0 aliphatic carbocycles. The Morgan fingerprint density at radius 3 is 2.58 bits per heavy atom. The molecule has 1 aliphatic rings. The van der Waals surface area contributed by atoms with Crippen molar-refractivity contribution in [1.82, 2.24) is 10.2 Å². The lowest BCUT2D eigenvalue weighted by Crippen LogP contribution is -2.36. The summed E-state index contributed by atoms with van der Waals surface area (Å²) in [6, 6.07) is 7.40. The zero-order valence-corrected chi connectivity index (χ0v) is 16.7. The summed E-state index contributed by atoms with van der Waals surface area (Å²) in [4.78, 5) is 26.6. The molecule has 0 atom stereocenters. The van der Waals surface area contributed by atoms with Crippen LogP contribution in [-0.4, -0.2) is 42.4 Å². The number of morpholine rings is 1. The SMILES string of the molecule is O=C(Nc1cc(C(F)(F)F)ccc1N1CCOCC1)c1ccc2c(=O)[nH]nc(Cl)c2c1. The number of rotatable bonds is 3. The smallest absolute Gasteiger partial charge is 0.378 e. The number of H-pyrrole nitrogens is 1. The van der Waals surface area contributed by atoms with Gasteiger partial charge in [-0.2, -0.15) is 18.3 Å². The minimum absolute atomic E-state index is 0.00248. The number of hydrogen-bond acceptors (Lipinski definition) is 5. The van der Waals surface area contributed by atoms with Crippen molar-refractivity contribution in [3.63, 3.8) is 0 Å². The molecule has 0 spiro atoms. The van der Waals surface area contributed by atoms with Gasteiger partial charge in [0, 0.05) is 24.0 Å². The molecular formula is C20H16ClF3N4O3. The lowest BCUT2D eigenvalue weighted by atomic mass is 10.1. The molecule has 31 heavy (non-hydrogen) atoms. The summed E-state index contributed by atoms with van der Waals surface area (Å²) in [5.74, 6) is -0.646. The standard InChI is InChI=1S/C20H16ClF3N4O3/c21-17-14-9-11(1-3-13(14)19(30)27-26-17)18(29)25-15-10-12(20(22,23)24)2-4-16(15)28-5-7-31-8-6-28/h1-4,9-10H,5-8H2,(H,25,29)(H,27,30). The molecule has 0 bridgehead atoms. The van der Waals surface area contributed by atoms with Crippen LogP contribution < -0.4 is 15.8 Å². The van der Waals surface area contributed by atoms with Crippen LogP contribution in [0, 0.1) is 0 Å². The molecule has 3 aromatic rings. The number of carbonyl (C=O) groups is 1. The zero-order valence-electron chi connectivity index (χ0n) is 15.9. The molecule has 1 amide bonds. The quantitative estimate of drug-likeness (QED) is 0.633. The molecule has 11 heteroatoms. The Balaban J connectivity index is 1.71. The normalized spacial score (nSPS) is 14.6. The minimum Gasteiger partial charge on any atom is -0.378 e. The first-order valence-corrected chi connectivity index (χ1v) is 9.65. The van der Waals surface area contributed by atoms with Crippen LogP contribution in [0.5, 0.6) is 0 Å². The van der Waals surface area contributed by atoms with E-state index in [0.29, 0.717) is 32.0 Å². The maximum absolute atomic E-state index is 13.3. The van der Waals surface area contributed by atoms with Gasteiger partial charge < -0.3 is 15.0 Å². The molecule has 1 fully saturated rings. The second-order valence-electron chi connectivity index (χ2n) is 6.89. The van der Waals surface area contributed by atoms with Crippen LogP contribution >= 0.6 is 11.6 Å². The van der Waals surface area contributed by atoms with Crippen molar-refractivity contribution in [2.45, 2.75) is 6.18 Å². The van der Waals surface area contributed by atoms with Crippen LogP contribution in [0.15, 0.2) is 41.2 Å². The Labute approximate surface area is 178 Å². The van der Waals surface area contributed by atoms with Gasteiger partial charge in [-0.25, -0.2) is 5.10 Å². The lowest BCUT2D eigenvalue weighted by Gasteiger charge is -2.31. The maximum atomic E-state index is 13.3. The highest BCUT2D eigenvalue weighted by molar-refractivity contribution is 6.34. The predicted molar refractivity (Wildman–Crippen MR) is 110 cm³/mol. The van der Waals surface area contributed by atoms with Crippen molar-refractivity contribution >= 4 is 39.7 Å². The third kappa shape index (κ3) is 4.35. The Hall–Kier alpha value is -3.11. The zero-order chi connectivity index (χ0) is 22.2. The van der Waals surface area contributed by atoms with E-state index in [9.17, 15) is 22.8 Å². The topological polar surface area (TPSA) is 87.3 Å². The van der Waals surface area contributed by atoms with Gasteiger partial charge in [-0.1, -0.05) is 11.6 Å². The second-order valence-corrected chi connectivity index (χ2v) is 7.25. The van der Waals surface area contributed by atoms with Gasteiger partial charge in [-0.05, 0) is 36.4 Å². The first-order valence-electron chi connectivity index (χ1n) is 9.27. The molecule has 0 saturated carbocycles. The van der Waals surface area contributed by atoms with E-state index in [1.165, 1.54) is 24.3 Å². The van der Waals surface area contributed by atoms with Crippen LogP contribution in [0.4, 0.5) is 24.5 Å². The Morgan fingerprint density at radius 1 is 1.13 bits per heavy atom. The van der Waals surface area contributed by atoms with Crippen LogP contribution in [0.3, 0.4) is 0 Å². The average molecular weight is 453 g/mol. The number of hydrogen-bond donors (Lipinski definition) is 2. The lowest BCUT2D eigenvalue weighted by molar-refractivity contribution is -0.137. The van der Waals surface area contributed by atoms with E-state index < -0.39 is 23.2 Å². The fourth-order valence-electron chi connectivity index (χ4n) is 3.36. The van der Waals surface area contributed by atoms with Crippen molar-refractivity contribution in [3.8, 4) is 0 Å². The van der Waals surface area contributed by atoms with Crippen molar-refractivity contribution in [2.75, 3.05) is 36.5 Å². The van der Waals surface area contributed by atoms with Crippen LogP contribution in [0.1, 0.15) is 15.9 Å². The number of aromatic amines is 1. The second kappa shape index (κ2) is 8.20. The molecule has 0 unspecified atom stereocenters. The number of carbonyl (C=O) groups excluding carboxylic acids is 1. The number of ether oxygens (including phenoxy) is 1. The van der Waals surface area contributed by atoms with E-state index in [0.717, 1.165) is 12.1 Å². The number of amides is 1. The monoisotopic (exact) mass is 452 g/mol. The summed E-state index contributed by atoms with van der Waals surface area (Å²) in [6.07, 6.45) is -4.56. The molecule has 0 radical (unpaired) electrons. The third-order valence-electron chi connectivity index (χ3n) is 4.93. The number of nitrogens with zero attached hydrogens (tertiary/aromatic N) is 2. The van der Waals surface area contributed by atoms with Crippen LogP contribution in [0.2, 0.25) is 5.15 Å². The van der Waals surface area contributed by atoms with Crippen molar-refractivity contribution < 1.29 is 22.7 Å². The summed E-state index contributed by atoms with van der Waals surface area (Å²) in [5.41, 5.74) is -0.749. The summed E-state index contributed by atoms with van der Waals surface area (Å²) in [6.45, 7) is 1.82. The molecule has 1 aliphatic heterocycles. The Kier molecular flexibility index (Phi) is 5.59. The van der Waals surface area contributed by atoms with Gasteiger partial charge in [0.25, 0.3) is 11.5 Å².